The molecule has 0 fully saturated rings. The van der Waals surface area contributed by atoms with Gasteiger partial charge in [0.15, 0.2) is 11.5 Å². The number of hydrogen-bond donors (Lipinski definition) is 1. The van der Waals surface area contributed by atoms with Crippen LogP contribution in [0.3, 0.4) is 0 Å². The summed E-state index contributed by atoms with van der Waals surface area (Å²) in [6, 6.07) is 9.67. The lowest BCUT2D eigenvalue weighted by Crippen LogP contribution is -2.42. The molecule has 6 rings (SSSR count). The van der Waals surface area contributed by atoms with E-state index in [4.69, 9.17) is 24.9 Å². The van der Waals surface area contributed by atoms with Crippen LogP contribution in [0.25, 0.3) is 0 Å². The number of fused-ring (bicyclic) bond motifs is 5. The minimum Gasteiger partial charge on any atom is -0.491 e. The zero-order valence-electron chi connectivity index (χ0n) is 17.9. The van der Waals surface area contributed by atoms with Crippen molar-refractivity contribution in [3.05, 3.63) is 63.1 Å². The Bertz CT molecular complexity index is 1250. The fourth-order valence-electron chi connectivity index (χ4n) is 4.88. The summed E-state index contributed by atoms with van der Waals surface area (Å²) in [5.41, 5.74) is 9.58. The highest BCUT2D eigenvalue weighted by Gasteiger charge is 2.58. The zero-order chi connectivity index (χ0) is 22.0. The molecule has 3 aliphatic rings. The first-order chi connectivity index (χ1) is 15.5. The van der Waals surface area contributed by atoms with Gasteiger partial charge in [-0.25, -0.2) is 4.98 Å². The van der Waals surface area contributed by atoms with Gasteiger partial charge in [0.05, 0.1) is 22.9 Å². The third-order valence-electron chi connectivity index (χ3n) is 6.44. The van der Waals surface area contributed by atoms with E-state index in [0.29, 0.717) is 36.3 Å². The molecule has 7 nitrogen and oxygen atoms in total. The second kappa shape index (κ2) is 6.95. The molecule has 1 atom stereocenters. The Labute approximate surface area is 189 Å². The molecule has 1 amide bonds. The zero-order valence-corrected chi connectivity index (χ0v) is 18.7. The van der Waals surface area contributed by atoms with Crippen LogP contribution < -0.4 is 24.8 Å². The van der Waals surface area contributed by atoms with Gasteiger partial charge in [0.2, 0.25) is 12.7 Å². The first-order valence-electron chi connectivity index (χ1n) is 10.7. The number of aromatic nitrogens is 1. The van der Waals surface area contributed by atoms with Gasteiger partial charge in [-0.15, -0.1) is 11.3 Å². The highest BCUT2D eigenvalue weighted by Crippen LogP contribution is 2.56. The Morgan fingerprint density at radius 3 is 2.72 bits per heavy atom. The van der Waals surface area contributed by atoms with Crippen molar-refractivity contribution in [2.75, 3.05) is 18.3 Å². The first kappa shape index (κ1) is 19.6. The van der Waals surface area contributed by atoms with Crippen molar-refractivity contribution in [3.8, 4) is 17.2 Å². The van der Waals surface area contributed by atoms with Crippen molar-refractivity contribution in [2.24, 2.45) is 5.73 Å². The summed E-state index contributed by atoms with van der Waals surface area (Å²) in [5, 5.41) is 3.10. The van der Waals surface area contributed by atoms with E-state index in [1.807, 2.05) is 40.6 Å². The van der Waals surface area contributed by atoms with E-state index in [2.05, 4.69) is 13.8 Å². The van der Waals surface area contributed by atoms with E-state index in [1.165, 1.54) is 0 Å². The summed E-state index contributed by atoms with van der Waals surface area (Å²) >= 11 is 1.63. The fourth-order valence-corrected chi connectivity index (χ4v) is 5.71. The van der Waals surface area contributed by atoms with E-state index >= 15 is 0 Å². The molecule has 3 aliphatic heterocycles. The lowest BCUT2D eigenvalue weighted by molar-refractivity contribution is -0.122. The van der Waals surface area contributed by atoms with Gasteiger partial charge in [0.1, 0.15) is 17.8 Å². The van der Waals surface area contributed by atoms with Crippen LogP contribution >= 0.6 is 11.3 Å². The number of carbonyl (C=O) groups excluding carboxylic acids is 1. The Balaban J connectivity index is 1.50. The van der Waals surface area contributed by atoms with Crippen molar-refractivity contribution in [1.82, 2.24) is 4.98 Å². The largest absolute Gasteiger partial charge is 0.491 e. The summed E-state index contributed by atoms with van der Waals surface area (Å²) in [6.07, 6.45) is 0. The molecular formula is C24H23N3O4S. The molecular weight excluding hydrogens is 426 g/mol. The molecule has 3 aromatic rings. The predicted octanol–water partition coefficient (Wildman–Crippen LogP) is 3.68. The molecule has 32 heavy (non-hydrogen) atoms. The monoisotopic (exact) mass is 449 g/mol. The lowest BCUT2D eigenvalue weighted by atomic mass is 9.76. The van der Waals surface area contributed by atoms with Crippen molar-refractivity contribution in [1.29, 1.82) is 0 Å². The minimum absolute atomic E-state index is 0.0230. The second-order valence-corrected chi connectivity index (χ2v) is 9.53. The lowest BCUT2D eigenvalue weighted by Gasteiger charge is -2.23. The van der Waals surface area contributed by atoms with Crippen LogP contribution in [0.2, 0.25) is 0 Å². The van der Waals surface area contributed by atoms with Gasteiger partial charge >= 0.3 is 0 Å². The van der Waals surface area contributed by atoms with E-state index < -0.39 is 5.41 Å². The maximum Gasteiger partial charge on any atom is 0.246 e. The van der Waals surface area contributed by atoms with Crippen molar-refractivity contribution >= 4 is 22.9 Å². The molecule has 8 heteroatoms. The molecule has 0 aliphatic carbocycles. The molecule has 2 N–H and O–H groups in total. The molecule has 0 radical (unpaired) electrons. The van der Waals surface area contributed by atoms with Gasteiger partial charge in [0.25, 0.3) is 0 Å². The standard InChI is InChI=1S/C24H23N3O4S/c1-13(2)22-26-15(10-32-22)9-27-21-14(8-25)4-3-5-16(21)24(23(27)28)11-29-18-7-20-19(6-17(18)24)30-12-31-20/h3-7,10,13H,8-9,11-12,25H2,1-2H3. The number of anilines is 1. The molecule has 1 aromatic heterocycles. The van der Waals surface area contributed by atoms with Crippen molar-refractivity contribution in [2.45, 2.75) is 38.3 Å². The first-order valence-corrected chi connectivity index (χ1v) is 11.6. The number of hydrogen-bond acceptors (Lipinski definition) is 7. The number of amides is 1. The maximum absolute atomic E-state index is 14.2. The van der Waals surface area contributed by atoms with Crippen LogP contribution in [0.5, 0.6) is 17.2 Å². The number of para-hydroxylation sites is 1. The molecule has 1 spiro atoms. The molecule has 164 valence electrons. The highest BCUT2D eigenvalue weighted by molar-refractivity contribution is 7.09. The number of rotatable bonds is 4. The topological polar surface area (TPSA) is 86.9 Å². The predicted molar refractivity (Wildman–Crippen MR) is 121 cm³/mol. The van der Waals surface area contributed by atoms with Crippen LogP contribution in [0.1, 0.15) is 47.2 Å². The Kier molecular flexibility index (Phi) is 4.25. The minimum atomic E-state index is -0.937. The molecule has 0 saturated carbocycles. The quantitative estimate of drug-likeness (QED) is 0.654. The second-order valence-electron chi connectivity index (χ2n) is 8.64. The average molecular weight is 450 g/mol. The summed E-state index contributed by atoms with van der Waals surface area (Å²) < 4.78 is 17.2. The molecule has 4 heterocycles. The molecule has 0 bridgehead atoms. The molecule has 2 aromatic carbocycles. The van der Waals surface area contributed by atoms with Crippen molar-refractivity contribution in [3.63, 3.8) is 0 Å². The number of thiazole rings is 1. The number of ether oxygens (including phenoxy) is 3. The van der Waals surface area contributed by atoms with Crippen LogP contribution in [0.15, 0.2) is 35.7 Å². The van der Waals surface area contributed by atoms with Crippen molar-refractivity contribution < 1.29 is 19.0 Å². The van der Waals surface area contributed by atoms with Crippen LogP contribution in [-0.2, 0) is 23.3 Å². The Hall–Kier alpha value is -3.10. The van der Waals surface area contributed by atoms with Crippen LogP contribution in [0, 0.1) is 0 Å². The van der Waals surface area contributed by atoms with E-state index in [1.54, 1.807) is 11.3 Å². The summed E-state index contributed by atoms with van der Waals surface area (Å²) in [6.45, 7) is 5.38. The smallest absolute Gasteiger partial charge is 0.246 e. The number of nitrogens with two attached hydrogens (primary N) is 1. The van der Waals surface area contributed by atoms with Gasteiger partial charge < -0.3 is 24.8 Å². The third-order valence-corrected chi connectivity index (χ3v) is 7.64. The Morgan fingerprint density at radius 2 is 1.97 bits per heavy atom. The van der Waals surface area contributed by atoms with Gasteiger partial charge in [0, 0.05) is 29.5 Å². The number of carbonyl (C=O) groups is 1. The summed E-state index contributed by atoms with van der Waals surface area (Å²) in [5.74, 6) is 2.26. The third kappa shape index (κ3) is 2.56. The SMILES string of the molecule is CC(C)c1nc(CN2C(=O)C3(COc4cc5c(cc43)OCO5)c3cccc(CN)c32)cs1. The number of benzene rings is 2. The fraction of sp³-hybridized carbons (Fsp3) is 0.333. The van der Waals surface area contributed by atoms with Gasteiger partial charge in [-0.1, -0.05) is 32.0 Å². The number of nitrogens with zero attached hydrogens (tertiary/aromatic N) is 2. The van der Waals surface area contributed by atoms with Crippen LogP contribution in [-0.4, -0.2) is 24.3 Å². The van der Waals surface area contributed by atoms with Crippen LogP contribution in [0.4, 0.5) is 5.69 Å². The van der Waals surface area contributed by atoms with E-state index in [-0.39, 0.29) is 19.3 Å². The van der Waals surface area contributed by atoms with Gasteiger partial charge in [-0.2, -0.15) is 0 Å². The average Bonchev–Trinajstić information content (AvgIpc) is 3.56. The van der Waals surface area contributed by atoms with E-state index in [0.717, 1.165) is 33.1 Å². The van der Waals surface area contributed by atoms with Gasteiger partial charge in [-0.3, -0.25) is 4.79 Å². The maximum atomic E-state index is 14.2. The summed E-state index contributed by atoms with van der Waals surface area (Å²) in [7, 11) is 0. The highest BCUT2D eigenvalue weighted by atomic mass is 32.1. The summed E-state index contributed by atoms with van der Waals surface area (Å²) in [4.78, 5) is 20.8. The molecule has 1 unspecified atom stereocenters. The normalized spacial score (nSPS) is 20.2. The Morgan fingerprint density at radius 1 is 1.16 bits per heavy atom. The molecule has 0 saturated heterocycles. The van der Waals surface area contributed by atoms with E-state index in [9.17, 15) is 4.79 Å². The van der Waals surface area contributed by atoms with Gasteiger partial charge in [-0.05, 0) is 17.2 Å².